The van der Waals surface area contributed by atoms with Crippen molar-refractivity contribution < 1.29 is 19.4 Å². The van der Waals surface area contributed by atoms with Gasteiger partial charge in [-0.25, -0.2) is 4.79 Å². The molecule has 0 aliphatic heterocycles. The summed E-state index contributed by atoms with van der Waals surface area (Å²) < 4.78 is 5.07. The van der Waals surface area contributed by atoms with Crippen molar-refractivity contribution in [2.45, 2.75) is 13.3 Å². The van der Waals surface area contributed by atoms with Crippen molar-refractivity contribution in [3.05, 3.63) is 29.3 Å². The largest absolute Gasteiger partial charge is 0.496 e. The average Bonchev–Trinajstić information content (AvgIpc) is 2.21. The Balaban J connectivity index is 2.95. The van der Waals surface area contributed by atoms with Crippen LogP contribution in [0, 0.1) is 6.92 Å². The molecule has 0 aromatic heterocycles. The summed E-state index contributed by atoms with van der Waals surface area (Å²) in [5.41, 5.74) is 1.48. The van der Waals surface area contributed by atoms with Gasteiger partial charge >= 0.3 is 5.97 Å². The molecular formula is C11H12O4. The third-order valence-electron chi connectivity index (χ3n) is 2.21. The highest BCUT2D eigenvalue weighted by Crippen LogP contribution is 2.21. The van der Waals surface area contributed by atoms with Crippen LogP contribution in [0.15, 0.2) is 18.2 Å². The SMILES string of the molecule is COc1cccc(CC(=O)C(=O)O)c1C. The van der Waals surface area contributed by atoms with Crippen LogP contribution in [-0.2, 0) is 16.0 Å². The molecule has 0 radical (unpaired) electrons. The highest BCUT2D eigenvalue weighted by atomic mass is 16.5. The Morgan fingerprint density at radius 3 is 2.60 bits per heavy atom. The van der Waals surface area contributed by atoms with Gasteiger partial charge in [0.15, 0.2) is 0 Å². The number of rotatable bonds is 4. The normalized spacial score (nSPS) is 9.73. The van der Waals surface area contributed by atoms with Crippen LogP contribution >= 0.6 is 0 Å². The first-order valence-electron chi connectivity index (χ1n) is 4.45. The second-order valence-corrected chi connectivity index (χ2v) is 3.15. The molecule has 1 N–H and O–H groups in total. The number of benzene rings is 1. The maximum atomic E-state index is 11.0. The maximum Gasteiger partial charge on any atom is 0.372 e. The fourth-order valence-electron chi connectivity index (χ4n) is 1.32. The standard InChI is InChI=1S/C11H12O4/c1-7-8(6-9(12)11(13)14)4-3-5-10(7)15-2/h3-5H,6H2,1-2H3,(H,13,14). The van der Waals surface area contributed by atoms with Gasteiger partial charge in [-0.15, -0.1) is 0 Å². The minimum Gasteiger partial charge on any atom is -0.496 e. The zero-order chi connectivity index (χ0) is 11.4. The summed E-state index contributed by atoms with van der Waals surface area (Å²) in [6, 6.07) is 5.22. The molecule has 0 unspecified atom stereocenters. The van der Waals surface area contributed by atoms with E-state index < -0.39 is 11.8 Å². The van der Waals surface area contributed by atoms with Gasteiger partial charge in [-0.3, -0.25) is 4.79 Å². The Labute approximate surface area is 87.5 Å². The zero-order valence-electron chi connectivity index (χ0n) is 8.61. The van der Waals surface area contributed by atoms with Crippen molar-refractivity contribution in [3.8, 4) is 5.75 Å². The quantitative estimate of drug-likeness (QED) is 0.755. The Kier molecular flexibility index (Phi) is 3.44. The number of carbonyl (C=O) groups excluding carboxylic acids is 1. The molecule has 0 saturated carbocycles. The van der Waals surface area contributed by atoms with E-state index >= 15 is 0 Å². The predicted octanol–water partition coefficient (Wildman–Crippen LogP) is 1.20. The van der Waals surface area contributed by atoms with Crippen LogP contribution in [0.5, 0.6) is 5.75 Å². The number of carbonyl (C=O) groups is 2. The minimum absolute atomic E-state index is 0.0988. The number of hydrogen-bond acceptors (Lipinski definition) is 3. The summed E-state index contributed by atoms with van der Waals surface area (Å²) in [4.78, 5) is 21.4. The summed E-state index contributed by atoms with van der Waals surface area (Å²) >= 11 is 0. The molecule has 1 aromatic rings. The van der Waals surface area contributed by atoms with Gasteiger partial charge < -0.3 is 9.84 Å². The van der Waals surface area contributed by atoms with Crippen LogP contribution in [-0.4, -0.2) is 24.0 Å². The highest BCUT2D eigenvalue weighted by Gasteiger charge is 2.14. The van der Waals surface area contributed by atoms with Crippen molar-refractivity contribution in [3.63, 3.8) is 0 Å². The van der Waals surface area contributed by atoms with Gasteiger partial charge in [0.1, 0.15) is 5.75 Å². The maximum absolute atomic E-state index is 11.0. The summed E-state index contributed by atoms with van der Waals surface area (Å²) in [5.74, 6) is -1.56. The van der Waals surface area contributed by atoms with E-state index in [4.69, 9.17) is 9.84 Å². The molecule has 0 fully saturated rings. The van der Waals surface area contributed by atoms with Crippen molar-refractivity contribution in [2.24, 2.45) is 0 Å². The predicted molar refractivity (Wildman–Crippen MR) is 54.1 cm³/mol. The molecule has 0 bridgehead atoms. The van der Waals surface area contributed by atoms with Gasteiger partial charge in [-0.05, 0) is 24.1 Å². The lowest BCUT2D eigenvalue weighted by Gasteiger charge is -2.08. The van der Waals surface area contributed by atoms with Crippen LogP contribution < -0.4 is 4.74 Å². The molecule has 0 amide bonds. The van der Waals surface area contributed by atoms with E-state index in [2.05, 4.69) is 0 Å². The number of Topliss-reactive ketones (excluding diaryl/α,β-unsaturated/α-hetero) is 1. The van der Waals surface area contributed by atoms with E-state index in [1.165, 1.54) is 7.11 Å². The Morgan fingerprint density at radius 1 is 1.40 bits per heavy atom. The van der Waals surface area contributed by atoms with Crippen LogP contribution in [0.25, 0.3) is 0 Å². The van der Waals surface area contributed by atoms with Gasteiger partial charge in [-0.2, -0.15) is 0 Å². The number of ketones is 1. The smallest absolute Gasteiger partial charge is 0.372 e. The van der Waals surface area contributed by atoms with Crippen LogP contribution in [0.1, 0.15) is 11.1 Å². The fourth-order valence-corrected chi connectivity index (χ4v) is 1.32. The third-order valence-corrected chi connectivity index (χ3v) is 2.21. The summed E-state index contributed by atoms with van der Waals surface area (Å²) in [6.07, 6.45) is -0.0988. The number of ether oxygens (including phenoxy) is 1. The van der Waals surface area contributed by atoms with E-state index in [1.54, 1.807) is 25.1 Å². The van der Waals surface area contributed by atoms with Gasteiger partial charge in [0, 0.05) is 6.42 Å². The number of hydrogen-bond donors (Lipinski definition) is 1. The first-order chi connectivity index (χ1) is 7.06. The second kappa shape index (κ2) is 4.59. The molecule has 0 aliphatic rings. The van der Waals surface area contributed by atoms with E-state index in [0.29, 0.717) is 11.3 Å². The number of carboxylic acids is 1. The van der Waals surface area contributed by atoms with E-state index in [-0.39, 0.29) is 6.42 Å². The van der Waals surface area contributed by atoms with Crippen molar-refractivity contribution in [1.29, 1.82) is 0 Å². The minimum atomic E-state index is -1.41. The average molecular weight is 208 g/mol. The zero-order valence-corrected chi connectivity index (χ0v) is 8.61. The number of carboxylic acid groups (broad SMARTS) is 1. The van der Waals surface area contributed by atoms with Gasteiger partial charge in [0.2, 0.25) is 5.78 Å². The van der Waals surface area contributed by atoms with E-state index in [1.807, 2.05) is 0 Å². The molecule has 1 rings (SSSR count). The number of aliphatic carboxylic acids is 1. The lowest BCUT2D eigenvalue weighted by molar-refractivity contribution is -0.148. The van der Waals surface area contributed by atoms with Gasteiger partial charge in [0.05, 0.1) is 7.11 Å². The Morgan fingerprint density at radius 2 is 2.07 bits per heavy atom. The van der Waals surface area contributed by atoms with Crippen LogP contribution in [0.3, 0.4) is 0 Å². The van der Waals surface area contributed by atoms with Crippen LogP contribution in [0.4, 0.5) is 0 Å². The molecule has 0 atom stereocenters. The summed E-state index contributed by atoms with van der Waals surface area (Å²) in [7, 11) is 1.53. The third kappa shape index (κ3) is 2.56. The van der Waals surface area contributed by atoms with Gasteiger partial charge in [-0.1, -0.05) is 12.1 Å². The summed E-state index contributed by atoms with van der Waals surface area (Å²) in [6.45, 7) is 1.79. The molecule has 0 aliphatic carbocycles. The molecule has 4 heteroatoms. The molecule has 4 nitrogen and oxygen atoms in total. The van der Waals surface area contributed by atoms with Gasteiger partial charge in [0.25, 0.3) is 0 Å². The van der Waals surface area contributed by atoms with Crippen molar-refractivity contribution in [1.82, 2.24) is 0 Å². The Bertz CT molecular complexity index is 396. The van der Waals surface area contributed by atoms with Crippen molar-refractivity contribution >= 4 is 11.8 Å². The number of methoxy groups -OCH3 is 1. The molecule has 15 heavy (non-hydrogen) atoms. The highest BCUT2D eigenvalue weighted by molar-refractivity contribution is 6.33. The lowest BCUT2D eigenvalue weighted by atomic mass is 10.0. The first kappa shape index (κ1) is 11.2. The molecular weight excluding hydrogens is 196 g/mol. The molecule has 0 spiro atoms. The summed E-state index contributed by atoms with van der Waals surface area (Å²) in [5, 5.41) is 8.48. The molecule has 1 aromatic carbocycles. The van der Waals surface area contributed by atoms with E-state index in [0.717, 1.165) is 5.56 Å². The van der Waals surface area contributed by atoms with Crippen LogP contribution in [0.2, 0.25) is 0 Å². The Hall–Kier alpha value is -1.84. The topological polar surface area (TPSA) is 63.6 Å². The first-order valence-corrected chi connectivity index (χ1v) is 4.45. The lowest BCUT2D eigenvalue weighted by Crippen LogP contribution is -2.15. The molecule has 0 saturated heterocycles. The monoisotopic (exact) mass is 208 g/mol. The molecule has 0 heterocycles. The fraction of sp³-hybridized carbons (Fsp3) is 0.273. The van der Waals surface area contributed by atoms with E-state index in [9.17, 15) is 9.59 Å². The van der Waals surface area contributed by atoms with Crippen molar-refractivity contribution in [2.75, 3.05) is 7.11 Å². The molecule has 80 valence electrons. The second-order valence-electron chi connectivity index (χ2n) is 3.15.